The Hall–Kier alpha value is -4.43. The van der Waals surface area contributed by atoms with Gasteiger partial charge in [0.1, 0.15) is 22.6 Å². The summed E-state index contributed by atoms with van der Waals surface area (Å²) in [6.07, 6.45) is 3.84. The number of carbonyl (C=O) groups excluding carboxylic acids is 3. The van der Waals surface area contributed by atoms with Crippen LogP contribution in [0.5, 0.6) is 5.75 Å². The number of morpholine rings is 1. The van der Waals surface area contributed by atoms with Gasteiger partial charge in [-0.25, -0.2) is 9.78 Å². The molecule has 3 amide bonds. The molecule has 244 valence electrons. The van der Waals surface area contributed by atoms with Gasteiger partial charge in [-0.05, 0) is 59.2 Å². The first-order chi connectivity index (χ1) is 21.4. The van der Waals surface area contributed by atoms with Gasteiger partial charge >= 0.3 is 6.09 Å². The van der Waals surface area contributed by atoms with Crippen LogP contribution in [0.1, 0.15) is 60.7 Å². The summed E-state index contributed by atoms with van der Waals surface area (Å²) in [7, 11) is 0. The van der Waals surface area contributed by atoms with E-state index in [1.807, 2.05) is 19.9 Å². The number of alkyl carbamates (subject to hydrolysis) is 1. The molecule has 1 aliphatic rings. The first-order valence-corrected chi connectivity index (χ1v) is 15.2. The Morgan fingerprint density at radius 1 is 1.13 bits per heavy atom. The zero-order valence-electron chi connectivity index (χ0n) is 26.7. The molecule has 0 unspecified atom stereocenters. The number of hydrogen-bond donors (Lipinski definition) is 3. The van der Waals surface area contributed by atoms with Crippen molar-refractivity contribution < 1.29 is 28.6 Å². The molecule has 4 rings (SSSR count). The molecule has 3 aromatic rings. The standard InChI is InChI=1S/C31H44N8O6/c1-6-39-24(18-21(2)36-39)28(41)35-29-34-23-19-22(27(32)40)20-25(44-15-9-11-37-13-16-43-17-14-37)26(23)38(29)12-8-7-10-33-30(42)45-31(3,4)5/h7-8,18-20H,6,9-17H2,1-5H3,(H2,32,40)(H,33,42)(H,34,35,41)/b8-7+. The molecule has 0 saturated carbocycles. The van der Waals surface area contributed by atoms with Gasteiger partial charge in [0.2, 0.25) is 11.9 Å². The first-order valence-electron chi connectivity index (χ1n) is 15.2. The van der Waals surface area contributed by atoms with Crippen molar-refractivity contribution in [3.63, 3.8) is 0 Å². The Kier molecular flexibility index (Phi) is 11.2. The lowest BCUT2D eigenvalue weighted by molar-refractivity contribution is 0.0358. The van der Waals surface area contributed by atoms with E-state index in [0.29, 0.717) is 35.6 Å². The van der Waals surface area contributed by atoms with Crippen LogP contribution < -0.4 is 21.1 Å². The van der Waals surface area contributed by atoms with Crippen molar-refractivity contribution in [3.8, 4) is 5.75 Å². The van der Waals surface area contributed by atoms with Crippen molar-refractivity contribution in [2.45, 2.75) is 59.7 Å². The van der Waals surface area contributed by atoms with E-state index in [1.165, 1.54) is 0 Å². The van der Waals surface area contributed by atoms with Crippen LogP contribution in [0.4, 0.5) is 10.7 Å². The fourth-order valence-electron chi connectivity index (χ4n) is 4.91. The van der Waals surface area contributed by atoms with Gasteiger partial charge in [0, 0.05) is 44.8 Å². The summed E-state index contributed by atoms with van der Waals surface area (Å²) in [5, 5.41) is 9.98. The molecule has 2 aromatic heterocycles. The third-order valence-corrected chi connectivity index (χ3v) is 6.95. The van der Waals surface area contributed by atoms with Crippen molar-refractivity contribution >= 4 is 34.9 Å². The molecule has 0 aliphatic carbocycles. The maximum Gasteiger partial charge on any atom is 0.407 e. The highest BCUT2D eigenvalue weighted by Crippen LogP contribution is 2.31. The fourth-order valence-corrected chi connectivity index (χ4v) is 4.91. The molecule has 1 aliphatic heterocycles. The summed E-state index contributed by atoms with van der Waals surface area (Å²) in [5.74, 6) is -0.328. The Labute approximate surface area is 262 Å². The minimum atomic E-state index is -0.620. The molecule has 45 heavy (non-hydrogen) atoms. The minimum Gasteiger partial charge on any atom is -0.491 e. The summed E-state index contributed by atoms with van der Waals surface area (Å²) in [5.41, 5.74) is 7.42. The largest absolute Gasteiger partial charge is 0.491 e. The number of rotatable bonds is 13. The second kappa shape index (κ2) is 15.0. The molecule has 4 N–H and O–H groups in total. The van der Waals surface area contributed by atoms with E-state index in [9.17, 15) is 14.4 Å². The number of carbonyl (C=O) groups is 3. The molecule has 1 saturated heterocycles. The molecule has 0 bridgehead atoms. The number of benzene rings is 1. The van der Waals surface area contributed by atoms with E-state index >= 15 is 0 Å². The summed E-state index contributed by atoms with van der Waals surface area (Å²) < 4.78 is 20.4. The maximum atomic E-state index is 13.4. The molecule has 14 nitrogen and oxygen atoms in total. The molecule has 14 heteroatoms. The third kappa shape index (κ3) is 9.28. The average molecular weight is 625 g/mol. The molecule has 0 radical (unpaired) electrons. The number of aromatic nitrogens is 4. The molecule has 1 fully saturated rings. The highest BCUT2D eigenvalue weighted by Gasteiger charge is 2.22. The lowest BCUT2D eigenvalue weighted by Gasteiger charge is -2.26. The number of imidazole rings is 1. The Morgan fingerprint density at radius 3 is 2.58 bits per heavy atom. The van der Waals surface area contributed by atoms with Crippen LogP contribution in [0.2, 0.25) is 0 Å². The van der Waals surface area contributed by atoms with Gasteiger partial charge in [-0.1, -0.05) is 12.2 Å². The SMILES string of the molecule is CCn1nc(C)cc1C(=O)Nc1nc2cc(C(N)=O)cc(OCCCN3CCOCC3)c2n1C/C=C/CNC(=O)OC(C)(C)C. The quantitative estimate of drug-likeness (QED) is 0.191. The van der Waals surface area contributed by atoms with Gasteiger partial charge in [0.15, 0.2) is 0 Å². The zero-order valence-corrected chi connectivity index (χ0v) is 26.7. The Morgan fingerprint density at radius 2 is 1.89 bits per heavy atom. The topological polar surface area (TPSA) is 168 Å². The number of hydrogen-bond acceptors (Lipinski definition) is 9. The number of anilines is 1. The monoisotopic (exact) mass is 624 g/mol. The van der Waals surface area contributed by atoms with Gasteiger partial charge in [-0.3, -0.25) is 24.5 Å². The van der Waals surface area contributed by atoms with Gasteiger partial charge in [-0.2, -0.15) is 5.10 Å². The van der Waals surface area contributed by atoms with Crippen LogP contribution in [-0.4, -0.2) is 93.7 Å². The van der Waals surface area contributed by atoms with Crippen LogP contribution >= 0.6 is 0 Å². The predicted molar refractivity (Wildman–Crippen MR) is 170 cm³/mol. The van der Waals surface area contributed by atoms with Gasteiger partial charge in [0.05, 0.1) is 31.0 Å². The number of ether oxygens (including phenoxy) is 3. The highest BCUT2D eigenvalue weighted by molar-refractivity contribution is 6.04. The van der Waals surface area contributed by atoms with Gasteiger partial charge in [-0.15, -0.1) is 0 Å². The van der Waals surface area contributed by atoms with Crippen LogP contribution in [0.15, 0.2) is 30.4 Å². The molecule has 0 atom stereocenters. The fraction of sp³-hybridized carbons (Fsp3) is 0.516. The van der Waals surface area contributed by atoms with Crippen molar-refractivity contribution in [1.82, 2.24) is 29.5 Å². The van der Waals surface area contributed by atoms with Crippen molar-refractivity contribution in [1.29, 1.82) is 0 Å². The normalized spacial score (nSPS) is 14.2. The summed E-state index contributed by atoms with van der Waals surface area (Å²) in [4.78, 5) is 44.7. The van der Waals surface area contributed by atoms with E-state index in [2.05, 4.69) is 25.6 Å². The van der Waals surface area contributed by atoms with Crippen LogP contribution in [0.25, 0.3) is 11.0 Å². The lowest BCUT2D eigenvalue weighted by Crippen LogP contribution is -2.37. The molecule has 1 aromatic carbocycles. The van der Waals surface area contributed by atoms with E-state index in [0.717, 1.165) is 45.0 Å². The smallest absolute Gasteiger partial charge is 0.407 e. The number of amides is 3. The number of allylic oxidation sites excluding steroid dienone is 1. The minimum absolute atomic E-state index is 0.231. The maximum absolute atomic E-state index is 13.4. The van der Waals surface area contributed by atoms with Crippen molar-refractivity contribution in [2.24, 2.45) is 5.73 Å². The van der Waals surface area contributed by atoms with Crippen LogP contribution in [0, 0.1) is 6.92 Å². The van der Waals surface area contributed by atoms with Crippen LogP contribution in [-0.2, 0) is 22.6 Å². The average Bonchev–Trinajstić information content (AvgIpc) is 3.54. The second-order valence-electron chi connectivity index (χ2n) is 11.7. The predicted octanol–water partition coefficient (Wildman–Crippen LogP) is 3.09. The third-order valence-electron chi connectivity index (χ3n) is 6.95. The van der Waals surface area contributed by atoms with E-state index in [1.54, 1.807) is 54.3 Å². The summed E-state index contributed by atoms with van der Waals surface area (Å²) in [6, 6.07) is 4.90. The molecular formula is C31H44N8O6. The molecular weight excluding hydrogens is 580 g/mol. The summed E-state index contributed by atoms with van der Waals surface area (Å²) in [6.45, 7) is 14.6. The van der Waals surface area contributed by atoms with Gasteiger partial charge in [0.25, 0.3) is 5.91 Å². The van der Waals surface area contributed by atoms with Gasteiger partial charge < -0.3 is 29.8 Å². The molecule has 0 spiro atoms. The Bertz CT molecular complexity index is 1530. The first kappa shape index (κ1) is 33.5. The number of nitrogens with one attached hydrogen (secondary N) is 2. The lowest BCUT2D eigenvalue weighted by atomic mass is 10.1. The highest BCUT2D eigenvalue weighted by atomic mass is 16.6. The Balaban J connectivity index is 1.62. The van der Waals surface area contributed by atoms with E-state index < -0.39 is 17.6 Å². The van der Waals surface area contributed by atoms with E-state index in [4.69, 9.17) is 19.9 Å². The number of aryl methyl sites for hydroxylation is 2. The van der Waals surface area contributed by atoms with E-state index in [-0.39, 0.29) is 30.5 Å². The summed E-state index contributed by atoms with van der Waals surface area (Å²) >= 11 is 0. The van der Waals surface area contributed by atoms with Crippen molar-refractivity contribution in [3.05, 3.63) is 47.3 Å². The molecule has 3 heterocycles. The number of fused-ring (bicyclic) bond motifs is 1. The number of nitrogens with zero attached hydrogens (tertiary/aromatic N) is 5. The zero-order chi connectivity index (χ0) is 32.6. The number of primary amides is 1. The van der Waals surface area contributed by atoms with Crippen LogP contribution in [0.3, 0.4) is 0 Å². The van der Waals surface area contributed by atoms with Crippen molar-refractivity contribution in [2.75, 3.05) is 51.3 Å². The second-order valence-corrected chi connectivity index (χ2v) is 11.7. The number of nitrogens with two attached hydrogens (primary N) is 1.